The van der Waals surface area contributed by atoms with E-state index in [-0.39, 0.29) is 0 Å². The molecule has 0 radical (unpaired) electrons. The van der Waals surface area contributed by atoms with Crippen molar-refractivity contribution in [3.63, 3.8) is 0 Å². The zero-order valence-corrected chi connectivity index (χ0v) is 13.6. The lowest BCUT2D eigenvalue weighted by atomic mass is 9.78. The third kappa shape index (κ3) is 2.05. The van der Waals surface area contributed by atoms with Gasteiger partial charge in [-0.3, -0.25) is 4.98 Å². The lowest BCUT2D eigenvalue weighted by molar-refractivity contribution is 0.607. The zero-order valence-electron chi connectivity index (χ0n) is 13.6. The molecule has 24 heavy (non-hydrogen) atoms. The Bertz CT molecular complexity index is 1030. The van der Waals surface area contributed by atoms with E-state index < -0.39 is 0 Å². The first kappa shape index (κ1) is 13.7. The summed E-state index contributed by atoms with van der Waals surface area (Å²) < 4.78 is 0. The molecule has 0 spiro atoms. The molecule has 4 aromatic rings. The van der Waals surface area contributed by atoms with E-state index in [1.807, 2.05) is 12.3 Å². The second-order valence-corrected chi connectivity index (χ2v) is 6.71. The minimum absolute atomic E-state index is 0.436. The molecule has 5 rings (SSSR count). The van der Waals surface area contributed by atoms with Crippen molar-refractivity contribution in [2.45, 2.75) is 25.2 Å². The van der Waals surface area contributed by atoms with Crippen molar-refractivity contribution < 1.29 is 0 Å². The lowest BCUT2D eigenvalue weighted by Crippen LogP contribution is -2.12. The predicted octanol–water partition coefficient (Wildman–Crippen LogP) is 5.86. The number of nitrogens with zero attached hydrogens (tertiary/aromatic N) is 1. The Kier molecular flexibility index (Phi) is 3.12. The third-order valence-electron chi connectivity index (χ3n) is 5.41. The van der Waals surface area contributed by atoms with Crippen LogP contribution in [0.4, 0.5) is 0 Å². The molecule has 0 amide bonds. The van der Waals surface area contributed by atoms with Gasteiger partial charge in [0.05, 0.1) is 0 Å². The fraction of sp³-hybridized carbons (Fsp3) is 0.174. The van der Waals surface area contributed by atoms with Crippen LogP contribution in [0.1, 0.15) is 35.6 Å². The second kappa shape index (κ2) is 5.45. The van der Waals surface area contributed by atoms with E-state index in [2.05, 4.69) is 65.6 Å². The van der Waals surface area contributed by atoms with Gasteiger partial charge in [-0.05, 0) is 64.1 Å². The molecule has 0 fully saturated rings. The number of aromatic nitrogens is 1. The molecule has 0 aliphatic heterocycles. The Morgan fingerprint density at radius 2 is 1.62 bits per heavy atom. The summed E-state index contributed by atoms with van der Waals surface area (Å²) in [6.45, 7) is 0. The Balaban J connectivity index is 1.77. The topological polar surface area (TPSA) is 12.9 Å². The molecule has 0 N–H and O–H groups in total. The molecule has 0 saturated carbocycles. The van der Waals surface area contributed by atoms with Crippen LogP contribution >= 0.6 is 0 Å². The molecule has 0 saturated heterocycles. The largest absolute Gasteiger partial charge is 0.261 e. The van der Waals surface area contributed by atoms with Gasteiger partial charge in [-0.25, -0.2) is 0 Å². The summed E-state index contributed by atoms with van der Waals surface area (Å²) in [7, 11) is 0. The number of fused-ring (bicyclic) bond motifs is 5. The fourth-order valence-corrected chi connectivity index (χ4v) is 4.30. The predicted molar refractivity (Wildman–Crippen MR) is 100 cm³/mol. The van der Waals surface area contributed by atoms with Crippen molar-refractivity contribution in [2.24, 2.45) is 0 Å². The van der Waals surface area contributed by atoms with Gasteiger partial charge >= 0.3 is 0 Å². The van der Waals surface area contributed by atoms with Gasteiger partial charge in [0.25, 0.3) is 0 Å². The standard InChI is InChI=1S/C23H19N/c1-2-7-17-16(6-1)11-12-20-18-8-5-9-22(21(18)14-13-19(17)20)23-10-3-4-15-24-23/h1-4,6-7,10-15,22H,5,8-9H2. The first-order valence-electron chi connectivity index (χ1n) is 8.76. The van der Waals surface area contributed by atoms with Crippen molar-refractivity contribution in [3.05, 3.63) is 89.7 Å². The molecule has 1 aliphatic carbocycles. The summed E-state index contributed by atoms with van der Waals surface area (Å²) in [5.74, 6) is 0.436. The van der Waals surface area contributed by atoms with Crippen molar-refractivity contribution in [3.8, 4) is 0 Å². The highest BCUT2D eigenvalue weighted by Crippen LogP contribution is 2.40. The van der Waals surface area contributed by atoms with Crippen LogP contribution in [0.25, 0.3) is 21.5 Å². The van der Waals surface area contributed by atoms with Crippen LogP contribution in [0, 0.1) is 0 Å². The first-order valence-corrected chi connectivity index (χ1v) is 8.76. The Labute approximate surface area is 142 Å². The molecule has 1 aromatic heterocycles. The molecule has 1 heteroatoms. The Morgan fingerprint density at radius 3 is 2.54 bits per heavy atom. The van der Waals surface area contributed by atoms with Crippen LogP contribution in [-0.2, 0) is 6.42 Å². The van der Waals surface area contributed by atoms with Crippen LogP contribution in [0.15, 0.2) is 72.9 Å². The number of rotatable bonds is 1. The number of pyridine rings is 1. The molecule has 3 aromatic carbocycles. The van der Waals surface area contributed by atoms with E-state index >= 15 is 0 Å². The van der Waals surface area contributed by atoms with Crippen molar-refractivity contribution >= 4 is 21.5 Å². The van der Waals surface area contributed by atoms with Gasteiger partial charge in [0, 0.05) is 17.8 Å². The highest BCUT2D eigenvalue weighted by atomic mass is 14.7. The maximum Gasteiger partial charge on any atom is 0.0478 e. The van der Waals surface area contributed by atoms with Gasteiger partial charge in [-0.15, -0.1) is 0 Å². The smallest absolute Gasteiger partial charge is 0.0478 e. The van der Waals surface area contributed by atoms with Gasteiger partial charge in [-0.2, -0.15) is 0 Å². The number of aryl methyl sites for hydroxylation is 1. The molecular formula is C23H19N. The van der Waals surface area contributed by atoms with Gasteiger partial charge in [0.2, 0.25) is 0 Å². The summed E-state index contributed by atoms with van der Waals surface area (Å²) in [5, 5.41) is 5.49. The Morgan fingerprint density at radius 1 is 0.750 bits per heavy atom. The second-order valence-electron chi connectivity index (χ2n) is 6.71. The van der Waals surface area contributed by atoms with E-state index in [0.29, 0.717) is 5.92 Å². The monoisotopic (exact) mass is 309 g/mol. The summed E-state index contributed by atoms with van der Waals surface area (Å²) in [6, 6.07) is 24.2. The van der Waals surface area contributed by atoms with E-state index in [0.717, 1.165) is 0 Å². The van der Waals surface area contributed by atoms with Gasteiger partial charge < -0.3 is 0 Å². The van der Waals surface area contributed by atoms with E-state index in [4.69, 9.17) is 0 Å². The van der Waals surface area contributed by atoms with E-state index in [1.54, 1.807) is 0 Å². The van der Waals surface area contributed by atoms with Crippen LogP contribution in [0.3, 0.4) is 0 Å². The average Bonchev–Trinajstić information content (AvgIpc) is 2.67. The minimum Gasteiger partial charge on any atom is -0.261 e. The van der Waals surface area contributed by atoms with Crippen LogP contribution in [0.2, 0.25) is 0 Å². The van der Waals surface area contributed by atoms with E-state index in [1.165, 1.54) is 57.6 Å². The quantitative estimate of drug-likeness (QED) is 0.401. The summed E-state index contributed by atoms with van der Waals surface area (Å²) in [6.07, 6.45) is 5.52. The lowest BCUT2D eigenvalue weighted by Gasteiger charge is -2.26. The molecule has 1 nitrogen and oxygen atoms in total. The normalized spacial score (nSPS) is 17.1. The van der Waals surface area contributed by atoms with Gasteiger partial charge in [0.15, 0.2) is 0 Å². The average molecular weight is 309 g/mol. The molecule has 116 valence electrons. The number of hydrogen-bond donors (Lipinski definition) is 0. The zero-order chi connectivity index (χ0) is 15.9. The van der Waals surface area contributed by atoms with Gasteiger partial charge in [0.1, 0.15) is 0 Å². The maximum atomic E-state index is 4.63. The first-order chi connectivity index (χ1) is 11.9. The van der Waals surface area contributed by atoms with Crippen molar-refractivity contribution in [1.82, 2.24) is 4.98 Å². The summed E-state index contributed by atoms with van der Waals surface area (Å²) >= 11 is 0. The Hall–Kier alpha value is -2.67. The highest BCUT2D eigenvalue weighted by molar-refractivity contribution is 6.08. The molecule has 1 aliphatic rings. The van der Waals surface area contributed by atoms with Crippen LogP contribution in [0.5, 0.6) is 0 Å². The SMILES string of the molecule is c1ccc(C2CCCc3c2ccc2c3ccc3ccccc32)nc1. The molecule has 1 heterocycles. The molecular weight excluding hydrogens is 290 g/mol. The van der Waals surface area contributed by atoms with Crippen molar-refractivity contribution in [1.29, 1.82) is 0 Å². The summed E-state index contributed by atoms with van der Waals surface area (Å²) in [5.41, 5.74) is 4.21. The molecule has 0 bridgehead atoms. The van der Waals surface area contributed by atoms with Crippen LogP contribution < -0.4 is 0 Å². The fourth-order valence-electron chi connectivity index (χ4n) is 4.30. The maximum absolute atomic E-state index is 4.63. The minimum atomic E-state index is 0.436. The van der Waals surface area contributed by atoms with Crippen LogP contribution in [-0.4, -0.2) is 4.98 Å². The van der Waals surface area contributed by atoms with Crippen molar-refractivity contribution in [2.75, 3.05) is 0 Å². The number of hydrogen-bond acceptors (Lipinski definition) is 1. The highest BCUT2D eigenvalue weighted by Gasteiger charge is 2.24. The van der Waals surface area contributed by atoms with Gasteiger partial charge in [-0.1, -0.05) is 54.6 Å². The third-order valence-corrected chi connectivity index (χ3v) is 5.41. The number of benzene rings is 3. The molecule has 1 unspecified atom stereocenters. The van der Waals surface area contributed by atoms with E-state index in [9.17, 15) is 0 Å². The summed E-state index contributed by atoms with van der Waals surface area (Å²) in [4.78, 5) is 4.63. The molecule has 1 atom stereocenters.